The number of fused-ring (bicyclic) bond motifs is 1. The third-order valence-corrected chi connectivity index (χ3v) is 4.22. The molecule has 3 rings (SSSR count). The number of hydrogen-bond acceptors (Lipinski definition) is 2. The standard InChI is InChI=1S/C16H24N2/c1-2-6-15-11-18-16(10-14(15)5-1)12-17-9-3-4-13-7-8-13/h1-2,5-6,13,16-18H,3-4,7-12H2. The Morgan fingerprint density at radius 1 is 1.17 bits per heavy atom. The lowest BCUT2D eigenvalue weighted by Gasteiger charge is -2.26. The molecule has 2 N–H and O–H groups in total. The first-order valence-electron chi connectivity index (χ1n) is 7.43. The molecule has 1 atom stereocenters. The largest absolute Gasteiger partial charge is 0.315 e. The van der Waals surface area contributed by atoms with E-state index >= 15 is 0 Å². The predicted molar refractivity (Wildman–Crippen MR) is 75.6 cm³/mol. The molecule has 1 unspecified atom stereocenters. The molecule has 0 saturated heterocycles. The molecule has 0 radical (unpaired) electrons. The maximum atomic E-state index is 3.62. The monoisotopic (exact) mass is 244 g/mol. The fraction of sp³-hybridized carbons (Fsp3) is 0.625. The second-order valence-corrected chi connectivity index (χ2v) is 5.84. The van der Waals surface area contributed by atoms with Gasteiger partial charge in [-0.1, -0.05) is 37.1 Å². The van der Waals surface area contributed by atoms with Crippen molar-refractivity contribution < 1.29 is 0 Å². The summed E-state index contributed by atoms with van der Waals surface area (Å²) in [6.07, 6.45) is 6.94. The number of nitrogens with one attached hydrogen (secondary N) is 2. The molecule has 1 fully saturated rings. The van der Waals surface area contributed by atoms with Crippen LogP contribution < -0.4 is 10.6 Å². The maximum absolute atomic E-state index is 3.62. The zero-order valence-electron chi connectivity index (χ0n) is 11.1. The van der Waals surface area contributed by atoms with Crippen molar-refractivity contribution in [3.8, 4) is 0 Å². The molecule has 1 aromatic rings. The van der Waals surface area contributed by atoms with Crippen LogP contribution >= 0.6 is 0 Å². The molecular formula is C16H24N2. The average Bonchev–Trinajstić information content (AvgIpc) is 3.22. The number of rotatable bonds is 6. The van der Waals surface area contributed by atoms with E-state index in [4.69, 9.17) is 0 Å². The first kappa shape index (κ1) is 12.2. The van der Waals surface area contributed by atoms with Gasteiger partial charge in [0.25, 0.3) is 0 Å². The van der Waals surface area contributed by atoms with Gasteiger partial charge in [-0.15, -0.1) is 0 Å². The molecule has 2 nitrogen and oxygen atoms in total. The molecule has 98 valence electrons. The van der Waals surface area contributed by atoms with Gasteiger partial charge in [0.05, 0.1) is 0 Å². The van der Waals surface area contributed by atoms with E-state index in [1.807, 2.05) is 0 Å². The summed E-state index contributed by atoms with van der Waals surface area (Å²) in [5.41, 5.74) is 3.00. The third-order valence-electron chi connectivity index (χ3n) is 4.22. The van der Waals surface area contributed by atoms with Crippen LogP contribution in [0.1, 0.15) is 36.8 Å². The Balaban J connectivity index is 1.36. The molecule has 0 amide bonds. The van der Waals surface area contributed by atoms with Crippen molar-refractivity contribution in [2.24, 2.45) is 5.92 Å². The molecule has 1 heterocycles. The van der Waals surface area contributed by atoms with Gasteiger partial charge in [-0.2, -0.15) is 0 Å². The normalized spacial score (nSPS) is 22.8. The van der Waals surface area contributed by atoms with Gasteiger partial charge in [0.15, 0.2) is 0 Å². The summed E-state index contributed by atoms with van der Waals surface area (Å²) < 4.78 is 0. The van der Waals surface area contributed by atoms with Crippen LogP contribution in [0.15, 0.2) is 24.3 Å². The smallest absolute Gasteiger partial charge is 0.0236 e. The maximum Gasteiger partial charge on any atom is 0.0236 e. The summed E-state index contributed by atoms with van der Waals surface area (Å²) in [4.78, 5) is 0. The van der Waals surface area contributed by atoms with E-state index in [-0.39, 0.29) is 0 Å². The van der Waals surface area contributed by atoms with Crippen molar-refractivity contribution in [3.05, 3.63) is 35.4 Å². The quantitative estimate of drug-likeness (QED) is 0.751. The van der Waals surface area contributed by atoms with Crippen LogP contribution in [-0.2, 0) is 13.0 Å². The van der Waals surface area contributed by atoms with Gasteiger partial charge < -0.3 is 10.6 Å². The molecule has 1 aliphatic heterocycles. The van der Waals surface area contributed by atoms with Crippen molar-refractivity contribution in [1.82, 2.24) is 10.6 Å². The highest BCUT2D eigenvalue weighted by molar-refractivity contribution is 5.29. The van der Waals surface area contributed by atoms with E-state index in [9.17, 15) is 0 Å². The van der Waals surface area contributed by atoms with E-state index in [1.54, 1.807) is 0 Å². The minimum Gasteiger partial charge on any atom is -0.315 e. The molecule has 1 aromatic carbocycles. The summed E-state index contributed by atoms with van der Waals surface area (Å²) in [5.74, 6) is 1.08. The first-order valence-corrected chi connectivity index (χ1v) is 7.43. The molecule has 1 aliphatic carbocycles. The molecule has 1 saturated carbocycles. The highest BCUT2D eigenvalue weighted by Gasteiger charge is 2.20. The van der Waals surface area contributed by atoms with Crippen LogP contribution in [0, 0.1) is 5.92 Å². The highest BCUT2D eigenvalue weighted by atomic mass is 15.0. The Morgan fingerprint density at radius 3 is 2.83 bits per heavy atom. The van der Waals surface area contributed by atoms with Gasteiger partial charge >= 0.3 is 0 Å². The Morgan fingerprint density at radius 2 is 2.00 bits per heavy atom. The van der Waals surface area contributed by atoms with E-state index in [2.05, 4.69) is 34.9 Å². The molecular weight excluding hydrogens is 220 g/mol. The Hall–Kier alpha value is -0.860. The minimum atomic E-state index is 0.612. The summed E-state index contributed by atoms with van der Waals surface area (Å²) in [6, 6.07) is 9.42. The first-order chi connectivity index (χ1) is 8.92. The van der Waals surface area contributed by atoms with Gasteiger partial charge in [-0.25, -0.2) is 0 Å². The van der Waals surface area contributed by atoms with Crippen molar-refractivity contribution in [2.45, 2.75) is 44.7 Å². The fourth-order valence-electron chi connectivity index (χ4n) is 2.86. The van der Waals surface area contributed by atoms with Gasteiger partial charge in [-0.05, 0) is 42.9 Å². The zero-order chi connectivity index (χ0) is 12.2. The van der Waals surface area contributed by atoms with E-state index < -0.39 is 0 Å². The van der Waals surface area contributed by atoms with Crippen molar-refractivity contribution in [2.75, 3.05) is 13.1 Å². The van der Waals surface area contributed by atoms with E-state index in [1.165, 1.54) is 49.8 Å². The second kappa shape index (κ2) is 5.85. The SMILES string of the molecule is c1ccc2c(c1)CNC(CNCCCC1CC1)C2. The Labute approximate surface area is 110 Å². The molecule has 18 heavy (non-hydrogen) atoms. The molecule has 0 spiro atoms. The number of benzene rings is 1. The lowest BCUT2D eigenvalue weighted by atomic mass is 9.96. The lowest BCUT2D eigenvalue weighted by molar-refractivity contribution is 0.443. The van der Waals surface area contributed by atoms with Crippen LogP contribution in [0.2, 0.25) is 0 Å². The summed E-state index contributed by atoms with van der Waals surface area (Å²) in [7, 11) is 0. The van der Waals surface area contributed by atoms with Crippen LogP contribution in [-0.4, -0.2) is 19.1 Å². The molecule has 0 bridgehead atoms. The fourth-order valence-corrected chi connectivity index (χ4v) is 2.86. The van der Waals surface area contributed by atoms with Crippen molar-refractivity contribution >= 4 is 0 Å². The van der Waals surface area contributed by atoms with Crippen LogP contribution in [0.4, 0.5) is 0 Å². The Bertz CT molecular complexity index is 384. The van der Waals surface area contributed by atoms with Gasteiger partial charge in [0.1, 0.15) is 0 Å². The summed E-state index contributed by atoms with van der Waals surface area (Å²) >= 11 is 0. The summed E-state index contributed by atoms with van der Waals surface area (Å²) in [5, 5.41) is 7.23. The van der Waals surface area contributed by atoms with E-state index in [0.29, 0.717) is 6.04 Å². The van der Waals surface area contributed by atoms with Crippen LogP contribution in [0.5, 0.6) is 0 Å². The number of hydrogen-bond donors (Lipinski definition) is 2. The van der Waals surface area contributed by atoms with Gasteiger partial charge in [0, 0.05) is 19.1 Å². The Kier molecular flexibility index (Phi) is 3.96. The van der Waals surface area contributed by atoms with Gasteiger partial charge in [0.2, 0.25) is 0 Å². The second-order valence-electron chi connectivity index (χ2n) is 5.84. The topological polar surface area (TPSA) is 24.1 Å². The highest BCUT2D eigenvalue weighted by Crippen LogP contribution is 2.33. The lowest BCUT2D eigenvalue weighted by Crippen LogP contribution is -2.43. The van der Waals surface area contributed by atoms with E-state index in [0.717, 1.165) is 19.0 Å². The van der Waals surface area contributed by atoms with Crippen molar-refractivity contribution in [3.63, 3.8) is 0 Å². The van der Waals surface area contributed by atoms with Crippen molar-refractivity contribution in [1.29, 1.82) is 0 Å². The molecule has 2 heteroatoms. The van der Waals surface area contributed by atoms with Crippen LogP contribution in [0.3, 0.4) is 0 Å². The zero-order valence-corrected chi connectivity index (χ0v) is 11.1. The van der Waals surface area contributed by atoms with Gasteiger partial charge in [-0.3, -0.25) is 0 Å². The molecule has 2 aliphatic rings. The van der Waals surface area contributed by atoms with Crippen LogP contribution in [0.25, 0.3) is 0 Å². The third kappa shape index (κ3) is 3.33. The predicted octanol–water partition coefficient (Wildman–Crippen LogP) is 2.48. The summed E-state index contributed by atoms with van der Waals surface area (Å²) in [6.45, 7) is 3.33. The average molecular weight is 244 g/mol. The minimum absolute atomic E-state index is 0.612. The molecule has 0 aromatic heterocycles.